The molecule has 1 aliphatic rings. The molecule has 0 unspecified atom stereocenters. The Labute approximate surface area is 120 Å². The molecule has 1 saturated heterocycles. The zero-order valence-corrected chi connectivity index (χ0v) is 12.1. The smallest absolute Gasteiger partial charge is 0.165 e. The predicted molar refractivity (Wildman–Crippen MR) is 78.6 cm³/mol. The zero-order valence-electron chi connectivity index (χ0n) is 12.1. The van der Waals surface area contributed by atoms with E-state index in [1.807, 2.05) is 6.07 Å². The summed E-state index contributed by atoms with van der Waals surface area (Å²) in [5, 5.41) is 0. The van der Waals surface area contributed by atoms with E-state index in [1.54, 1.807) is 6.07 Å². The average molecular weight is 281 g/mol. The molecule has 0 aromatic heterocycles. The molecule has 0 radical (unpaired) electrons. The van der Waals surface area contributed by atoms with Crippen molar-refractivity contribution in [2.24, 2.45) is 5.73 Å². The lowest BCUT2D eigenvalue weighted by molar-refractivity contribution is 0.132. The Kier molecular flexibility index (Phi) is 5.76. The summed E-state index contributed by atoms with van der Waals surface area (Å²) in [5.74, 6) is 0.0363. The van der Waals surface area contributed by atoms with E-state index in [4.69, 9.17) is 10.5 Å². The fraction of sp³-hybridized carbons (Fsp3) is 0.600. The Morgan fingerprint density at radius 1 is 1.25 bits per heavy atom. The van der Waals surface area contributed by atoms with E-state index >= 15 is 0 Å². The second kappa shape index (κ2) is 7.57. The van der Waals surface area contributed by atoms with Gasteiger partial charge in [-0.15, -0.1) is 0 Å². The highest BCUT2D eigenvalue weighted by Crippen LogP contribution is 2.18. The fourth-order valence-corrected chi connectivity index (χ4v) is 2.34. The lowest BCUT2D eigenvalue weighted by atomic mass is 10.1. The van der Waals surface area contributed by atoms with Crippen LogP contribution in [0.1, 0.15) is 5.56 Å². The van der Waals surface area contributed by atoms with E-state index in [-0.39, 0.29) is 5.82 Å². The molecule has 2 rings (SSSR count). The number of nitrogens with two attached hydrogens (primary N) is 1. The summed E-state index contributed by atoms with van der Waals surface area (Å²) in [6, 6.07) is 5.09. The van der Waals surface area contributed by atoms with Crippen molar-refractivity contribution in [2.75, 3.05) is 52.9 Å². The van der Waals surface area contributed by atoms with Crippen LogP contribution in [0, 0.1) is 5.82 Å². The SMILES string of the molecule is CN1CCN(CCOc2ccc(CCN)cc2F)CC1. The minimum atomic E-state index is -0.297. The Hall–Kier alpha value is -1.17. The zero-order chi connectivity index (χ0) is 14.4. The molecule has 2 N–H and O–H groups in total. The maximum absolute atomic E-state index is 13.8. The number of hydrogen-bond acceptors (Lipinski definition) is 4. The van der Waals surface area contributed by atoms with E-state index in [0.717, 1.165) is 38.3 Å². The third kappa shape index (κ3) is 4.44. The van der Waals surface area contributed by atoms with Gasteiger partial charge in [0.05, 0.1) is 0 Å². The normalized spacial score (nSPS) is 17.4. The number of halogens is 1. The van der Waals surface area contributed by atoms with E-state index < -0.39 is 0 Å². The lowest BCUT2D eigenvalue weighted by Gasteiger charge is -2.32. The minimum Gasteiger partial charge on any atom is -0.489 e. The van der Waals surface area contributed by atoms with Crippen LogP contribution in [0.2, 0.25) is 0 Å². The molecule has 1 aromatic carbocycles. The van der Waals surface area contributed by atoms with Crippen molar-refractivity contribution < 1.29 is 9.13 Å². The van der Waals surface area contributed by atoms with Gasteiger partial charge in [0.2, 0.25) is 0 Å². The summed E-state index contributed by atoms with van der Waals surface area (Å²) >= 11 is 0. The number of rotatable bonds is 6. The topological polar surface area (TPSA) is 41.7 Å². The summed E-state index contributed by atoms with van der Waals surface area (Å²) in [6.07, 6.45) is 0.693. The van der Waals surface area contributed by atoms with Crippen LogP contribution in [-0.4, -0.2) is 62.7 Å². The van der Waals surface area contributed by atoms with Gasteiger partial charge in [-0.25, -0.2) is 4.39 Å². The third-order valence-corrected chi connectivity index (χ3v) is 3.69. The first-order chi connectivity index (χ1) is 9.69. The Bertz CT molecular complexity index is 420. The monoisotopic (exact) mass is 281 g/mol. The van der Waals surface area contributed by atoms with Gasteiger partial charge in [-0.2, -0.15) is 0 Å². The molecule has 0 atom stereocenters. The standard InChI is InChI=1S/C15H24FN3O/c1-18-6-8-19(9-7-18)10-11-20-15-3-2-13(4-5-17)12-14(15)16/h2-3,12H,4-11,17H2,1H3. The molecule has 0 saturated carbocycles. The predicted octanol–water partition coefficient (Wildman–Crippen LogP) is 0.953. The van der Waals surface area contributed by atoms with Crippen molar-refractivity contribution in [3.8, 4) is 5.75 Å². The molecule has 1 fully saturated rings. The molecule has 1 aliphatic heterocycles. The van der Waals surface area contributed by atoms with Crippen molar-refractivity contribution in [3.63, 3.8) is 0 Å². The van der Waals surface area contributed by atoms with Crippen molar-refractivity contribution in [1.82, 2.24) is 9.80 Å². The first-order valence-electron chi connectivity index (χ1n) is 7.21. The van der Waals surface area contributed by atoms with Gasteiger partial charge in [-0.1, -0.05) is 6.07 Å². The maximum Gasteiger partial charge on any atom is 0.165 e. The Morgan fingerprint density at radius 3 is 2.65 bits per heavy atom. The summed E-state index contributed by atoms with van der Waals surface area (Å²) in [4.78, 5) is 4.66. The first kappa shape index (κ1) is 15.2. The highest BCUT2D eigenvalue weighted by molar-refractivity contribution is 5.29. The van der Waals surface area contributed by atoms with Crippen LogP contribution in [0.25, 0.3) is 0 Å². The van der Waals surface area contributed by atoms with Gasteiger partial charge in [-0.05, 0) is 37.7 Å². The van der Waals surface area contributed by atoms with Crippen LogP contribution in [0.15, 0.2) is 18.2 Å². The van der Waals surface area contributed by atoms with Crippen LogP contribution < -0.4 is 10.5 Å². The lowest BCUT2D eigenvalue weighted by Crippen LogP contribution is -2.45. The fourth-order valence-electron chi connectivity index (χ4n) is 2.34. The molecule has 0 spiro atoms. The summed E-state index contributed by atoms with van der Waals surface area (Å²) < 4.78 is 19.3. The van der Waals surface area contributed by atoms with Gasteiger partial charge < -0.3 is 15.4 Å². The van der Waals surface area contributed by atoms with Gasteiger partial charge in [0.1, 0.15) is 6.61 Å². The minimum absolute atomic E-state index is 0.297. The number of hydrogen-bond donors (Lipinski definition) is 1. The third-order valence-electron chi connectivity index (χ3n) is 3.69. The molecular weight excluding hydrogens is 257 g/mol. The van der Waals surface area contributed by atoms with E-state index in [2.05, 4.69) is 16.8 Å². The summed E-state index contributed by atoms with van der Waals surface area (Å²) in [5.41, 5.74) is 6.37. The Morgan fingerprint density at radius 2 is 2.00 bits per heavy atom. The van der Waals surface area contributed by atoms with Crippen LogP contribution >= 0.6 is 0 Å². The summed E-state index contributed by atoms with van der Waals surface area (Å²) in [6.45, 7) is 6.18. The van der Waals surface area contributed by atoms with Crippen LogP contribution in [0.4, 0.5) is 4.39 Å². The second-order valence-electron chi connectivity index (χ2n) is 5.30. The molecule has 0 amide bonds. The van der Waals surface area contributed by atoms with Crippen molar-refractivity contribution in [1.29, 1.82) is 0 Å². The quantitative estimate of drug-likeness (QED) is 0.843. The van der Waals surface area contributed by atoms with Gasteiger partial charge in [0.25, 0.3) is 0 Å². The molecule has 5 heteroatoms. The molecule has 112 valence electrons. The number of benzene rings is 1. The summed E-state index contributed by atoms with van der Waals surface area (Å²) in [7, 11) is 2.13. The van der Waals surface area contributed by atoms with E-state index in [9.17, 15) is 4.39 Å². The van der Waals surface area contributed by atoms with Crippen LogP contribution in [0.5, 0.6) is 5.75 Å². The van der Waals surface area contributed by atoms with Crippen molar-refractivity contribution in [3.05, 3.63) is 29.6 Å². The van der Waals surface area contributed by atoms with Crippen molar-refractivity contribution >= 4 is 0 Å². The first-order valence-corrected chi connectivity index (χ1v) is 7.21. The number of piperazine rings is 1. The Balaban J connectivity index is 1.76. The van der Waals surface area contributed by atoms with Crippen molar-refractivity contribution in [2.45, 2.75) is 6.42 Å². The number of ether oxygens (including phenoxy) is 1. The van der Waals surface area contributed by atoms with E-state index in [1.165, 1.54) is 6.07 Å². The maximum atomic E-state index is 13.8. The largest absolute Gasteiger partial charge is 0.489 e. The van der Waals surface area contributed by atoms with Gasteiger partial charge >= 0.3 is 0 Å². The average Bonchev–Trinajstić information content (AvgIpc) is 2.44. The molecule has 0 aliphatic carbocycles. The van der Waals surface area contributed by atoms with Gasteiger partial charge in [0.15, 0.2) is 11.6 Å². The number of nitrogens with zero attached hydrogens (tertiary/aromatic N) is 2. The second-order valence-corrected chi connectivity index (χ2v) is 5.30. The molecule has 4 nitrogen and oxygen atoms in total. The molecule has 20 heavy (non-hydrogen) atoms. The molecule has 1 aromatic rings. The number of likely N-dealkylation sites (N-methyl/N-ethyl adjacent to an activating group) is 1. The molecule has 0 bridgehead atoms. The van der Waals surface area contributed by atoms with Gasteiger partial charge in [0, 0.05) is 32.7 Å². The molecular formula is C15H24FN3O. The van der Waals surface area contributed by atoms with E-state index in [0.29, 0.717) is 25.3 Å². The van der Waals surface area contributed by atoms with Crippen LogP contribution in [0.3, 0.4) is 0 Å². The van der Waals surface area contributed by atoms with Crippen LogP contribution in [-0.2, 0) is 6.42 Å². The molecule has 1 heterocycles. The highest BCUT2D eigenvalue weighted by atomic mass is 19.1. The highest BCUT2D eigenvalue weighted by Gasteiger charge is 2.13. The van der Waals surface area contributed by atoms with Gasteiger partial charge in [-0.3, -0.25) is 4.90 Å².